The van der Waals surface area contributed by atoms with Crippen molar-refractivity contribution in [3.05, 3.63) is 11.5 Å². The Morgan fingerprint density at radius 2 is 1.95 bits per heavy atom. The monoisotopic (exact) mass is 295 g/mol. The number of rotatable bonds is 2. The molecule has 5 unspecified atom stereocenters. The van der Waals surface area contributed by atoms with Crippen molar-refractivity contribution in [3.63, 3.8) is 0 Å². The Bertz CT molecular complexity index is 371. The Labute approximate surface area is 125 Å². The van der Waals surface area contributed by atoms with E-state index in [9.17, 15) is 0 Å². The van der Waals surface area contributed by atoms with Crippen LogP contribution in [-0.4, -0.2) is 61.9 Å². The van der Waals surface area contributed by atoms with E-state index in [1.54, 1.807) is 11.9 Å². The molecule has 0 spiro atoms. The summed E-state index contributed by atoms with van der Waals surface area (Å²) >= 11 is 1.75. The average Bonchev–Trinajstić information content (AvgIpc) is 2.91. The van der Waals surface area contributed by atoms with Crippen molar-refractivity contribution in [1.82, 2.24) is 25.6 Å². The van der Waals surface area contributed by atoms with Crippen LogP contribution in [0.15, 0.2) is 11.5 Å². The zero-order chi connectivity index (χ0) is 13.4. The molecule has 0 aromatic rings. The molecule has 0 aromatic carbocycles. The topological polar surface area (TPSA) is 51.4 Å². The van der Waals surface area contributed by atoms with E-state index in [0.717, 1.165) is 19.6 Å². The third-order valence-corrected chi connectivity index (χ3v) is 5.88. The molecule has 4 N–H and O–H groups in total. The third-order valence-electron chi connectivity index (χ3n) is 5.15. The Kier molecular flexibility index (Phi) is 4.03. The quantitative estimate of drug-likeness (QED) is 0.525. The number of fused-ring (bicyclic) bond motifs is 3. The minimum atomic E-state index is 0.463. The minimum absolute atomic E-state index is 0.463. The van der Waals surface area contributed by atoms with Crippen molar-refractivity contribution in [2.75, 3.05) is 32.7 Å². The van der Waals surface area contributed by atoms with Crippen molar-refractivity contribution < 1.29 is 0 Å². The van der Waals surface area contributed by atoms with E-state index in [1.165, 1.54) is 25.9 Å². The highest BCUT2D eigenvalue weighted by atomic mass is 32.2. The molecule has 3 fully saturated rings. The second kappa shape index (κ2) is 5.94. The summed E-state index contributed by atoms with van der Waals surface area (Å²) in [5.41, 5.74) is 0. The molecule has 1 saturated carbocycles. The first-order chi connectivity index (χ1) is 9.90. The normalized spacial score (nSPS) is 45.1. The molecule has 6 heteroatoms. The van der Waals surface area contributed by atoms with Gasteiger partial charge in [-0.3, -0.25) is 20.3 Å². The van der Waals surface area contributed by atoms with E-state index in [-0.39, 0.29) is 0 Å². The van der Waals surface area contributed by atoms with Gasteiger partial charge in [0.2, 0.25) is 0 Å². The molecule has 4 aliphatic rings. The van der Waals surface area contributed by atoms with Crippen molar-refractivity contribution >= 4 is 11.9 Å². The van der Waals surface area contributed by atoms with E-state index in [1.807, 2.05) is 0 Å². The van der Waals surface area contributed by atoms with Crippen molar-refractivity contribution in [2.24, 2.45) is 5.92 Å². The Balaban J connectivity index is 1.38. The van der Waals surface area contributed by atoms with E-state index in [2.05, 4.69) is 37.1 Å². The molecule has 0 aromatic heterocycles. The van der Waals surface area contributed by atoms with Crippen LogP contribution in [0.2, 0.25) is 0 Å². The maximum absolute atomic E-state index is 3.87. The van der Waals surface area contributed by atoms with Crippen molar-refractivity contribution in [2.45, 2.75) is 37.1 Å². The van der Waals surface area contributed by atoms with Gasteiger partial charge in [-0.2, -0.15) is 0 Å². The van der Waals surface area contributed by atoms with Gasteiger partial charge in [-0.1, -0.05) is 18.0 Å². The number of hydrogen-bond acceptors (Lipinski definition) is 6. The predicted molar refractivity (Wildman–Crippen MR) is 83.3 cm³/mol. The largest absolute Gasteiger partial charge is 0.314 e. The molecule has 20 heavy (non-hydrogen) atoms. The average molecular weight is 295 g/mol. The summed E-state index contributed by atoms with van der Waals surface area (Å²) < 4.78 is 3.57. The second-order valence-electron chi connectivity index (χ2n) is 6.39. The van der Waals surface area contributed by atoms with Gasteiger partial charge < -0.3 is 5.32 Å². The molecule has 4 rings (SSSR count). The van der Waals surface area contributed by atoms with E-state index in [0.29, 0.717) is 30.2 Å². The first-order valence-electron chi connectivity index (χ1n) is 7.93. The van der Waals surface area contributed by atoms with Gasteiger partial charge in [0.1, 0.15) is 0 Å². The predicted octanol–water partition coefficient (Wildman–Crippen LogP) is -0.309. The first kappa shape index (κ1) is 13.5. The van der Waals surface area contributed by atoms with Crippen LogP contribution >= 0.6 is 11.9 Å². The summed E-state index contributed by atoms with van der Waals surface area (Å²) in [7, 11) is 0. The molecule has 5 nitrogen and oxygen atoms in total. The highest BCUT2D eigenvalue weighted by Gasteiger charge is 2.44. The zero-order valence-corrected chi connectivity index (χ0v) is 12.7. The van der Waals surface area contributed by atoms with Gasteiger partial charge in [-0.25, -0.2) is 0 Å². The number of nitrogens with zero attached hydrogens (tertiary/aromatic N) is 1. The van der Waals surface area contributed by atoms with Gasteiger partial charge in [0.25, 0.3) is 0 Å². The zero-order valence-electron chi connectivity index (χ0n) is 11.8. The molecule has 0 amide bonds. The SMILES string of the molecule is C1=CC2C(CCC3NC(CN4CCNCC4)NC32)NS1. The van der Waals surface area contributed by atoms with Gasteiger partial charge in [-0.05, 0) is 18.2 Å². The van der Waals surface area contributed by atoms with Gasteiger partial charge >= 0.3 is 0 Å². The fraction of sp³-hybridized carbons (Fsp3) is 0.857. The summed E-state index contributed by atoms with van der Waals surface area (Å²) in [6.07, 6.45) is 5.45. The lowest BCUT2D eigenvalue weighted by Gasteiger charge is -2.39. The molecule has 112 valence electrons. The van der Waals surface area contributed by atoms with E-state index < -0.39 is 0 Å². The molecule has 0 radical (unpaired) electrons. The van der Waals surface area contributed by atoms with E-state index >= 15 is 0 Å². The van der Waals surface area contributed by atoms with Crippen LogP contribution in [0.1, 0.15) is 12.8 Å². The summed E-state index contributed by atoms with van der Waals surface area (Å²) in [5, 5.41) is 13.3. The van der Waals surface area contributed by atoms with Crippen molar-refractivity contribution in [1.29, 1.82) is 0 Å². The van der Waals surface area contributed by atoms with Crippen LogP contribution in [0.3, 0.4) is 0 Å². The molecule has 1 aliphatic carbocycles. The lowest BCUT2D eigenvalue weighted by molar-refractivity contribution is 0.212. The lowest BCUT2D eigenvalue weighted by Crippen LogP contribution is -2.53. The van der Waals surface area contributed by atoms with Crippen LogP contribution in [0.5, 0.6) is 0 Å². The highest BCUT2D eigenvalue weighted by Crippen LogP contribution is 2.33. The van der Waals surface area contributed by atoms with Crippen LogP contribution in [0.25, 0.3) is 0 Å². The molecule has 5 atom stereocenters. The number of hydrogen-bond donors (Lipinski definition) is 4. The Morgan fingerprint density at radius 3 is 2.85 bits per heavy atom. The fourth-order valence-electron chi connectivity index (χ4n) is 4.11. The van der Waals surface area contributed by atoms with Crippen LogP contribution in [0, 0.1) is 5.92 Å². The molecular weight excluding hydrogens is 270 g/mol. The molecule has 3 heterocycles. The number of nitrogens with one attached hydrogen (secondary N) is 4. The summed E-state index contributed by atoms with van der Waals surface area (Å²) in [5.74, 6) is 0.649. The van der Waals surface area contributed by atoms with Gasteiger partial charge in [0, 0.05) is 56.8 Å². The fourth-order valence-corrected chi connectivity index (χ4v) is 4.90. The molecule has 3 aliphatic heterocycles. The van der Waals surface area contributed by atoms with Crippen LogP contribution in [0.4, 0.5) is 0 Å². The molecule has 0 bridgehead atoms. The first-order valence-corrected chi connectivity index (χ1v) is 8.81. The maximum Gasteiger partial charge on any atom is 0.0708 e. The molecule has 2 saturated heterocycles. The Hall–Kier alpha value is -0.110. The summed E-state index contributed by atoms with van der Waals surface area (Å²) in [6.45, 7) is 5.76. The Morgan fingerprint density at radius 1 is 1.10 bits per heavy atom. The highest BCUT2D eigenvalue weighted by molar-refractivity contribution is 8.00. The summed E-state index contributed by atoms with van der Waals surface area (Å²) in [6, 6.07) is 1.91. The number of piperazine rings is 1. The van der Waals surface area contributed by atoms with Gasteiger partial charge in [-0.15, -0.1) is 0 Å². The summed E-state index contributed by atoms with van der Waals surface area (Å²) in [4.78, 5) is 2.57. The van der Waals surface area contributed by atoms with Crippen LogP contribution in [-0.2, 0) is 0 Å². The van der Waals surface area contributed by atoms with E-state index in [4.69, 9.17) is 0 Å². The van der Waals surface area contributed by atoms with Gasteiger partial charge in [0.05, 0.1) is 6.17 Å². The van der Waals surface area contributed by atoms with Crippen molar-refractivity contribution in [3.8, 4) is 0 Å². The van der Waals surface area contributed by atoms with Crippen LogP contribution < -0.4 is 20.7 Å². The standard InChI is InChI=1S/C14H25N5S/c1-2-12-14(10-3-8-20-18-11(1)10)17-13(16-12)9-19-6-4-15-5-7-19/h3,8,10-18H,1-2,4-7,9H2. The minimum Gasteiger partial charge on any atom is -0.314 e. The second-order valence-corrected chi connectivity index (χ2v) is 7.14. The van der Waals surface area contributed by atoms with Gasteiger partial charge in [0.15, 0.2) is 0 Å². The molecular formula is C14H25N5S. The smallest absolute Gasteiger partial charge is 0.0708 e. The third kappa shape index (κ3) is 2.65. The lowest BCUT2D eigenvalue weighted by atomic mass is 9.78. The maximum atomic E-state index is 3.87.